The first kappa shape index (κ1) is 11.5. The molecule has 0 unspecified atom stereocenters. The van der Waals surface area contributed by atoms with E-state index in [1.807, 2.05) is 36.4 Å². The van der Waals surface area contributed by atoms with E-state index < -0.39 is 0 Å². The Morgan fingerprint density at radius 3 is 2.79 bits per heavy atom. The fourth-order valence-corrected chi connectivity index (χ4v) is 1.97. The van der Waals surface area contributed by atoms with E-state index in [2.05, 4.69) is 9.97 Å². The number of hydrogen-bond donors (Lipinski definition) is 0. The van der Waals surface area contributed by atoms with E-state index in [0.29, 0.717) is 5.88 Å². The molecular formula is C15H12N2O2. The molecule has 0 saturated heterocycles. The fraction of sp³-hybridized carbons (Fsp3) is 0.0667. The van der Waals surface area contributed by atoms with Crippen LogP contribution < -0.4 is 4.74 Å². The normalized spacial score (nSPS) is 10.4. The second kappa shape index (κ2) is 4.94. The second-order valence-corrected chi connectivity index (χ2v) is 4.01. The molecule has 94 valence electrons. The van der Waals surface area contributed by atoms with E-state index in [0.717, 1.165) is 22.5 Å². The quantitative estimate of drug-likeness (QED) is 0.716. The fourth-order valence-electron chi connectivity index (χ4n) is 1.97. The lowest BCUT2D eigenvalue weighted by Gasteiger charge is -2.07. The Hall–Kier alpha value is -2.62. The van der Waals surface area contributed by atoms with Crippen molar-refractivity contribution in [2.24, 2.45) is 0 Å². The van der Waals surface area contributed by atoms with Crippen LogP contribution in [0.5, 0.6) is 5.88 Å². The third-order valence-corrected chi connectivity index (χ3v) is 2.85. The van der Waals surface area contributed by atoms with Crippen LogP contribution in [-0.2, 0) is 0 Å². The molecule has 1 aromatic carbocycles. The largest absolute Gasteiger partial charge is 0.481 e. The van der Waals surface area contributed by atoms with Crippen LogP contribution in [0.2, 0.25) is 0 Å². The zero-order valence-corrected chi connectivity index (χ0v) is 10.4. The van der Waals surface area contributed by atoms with Crippen LogP contribution in [0.1, 0.15) is 0 Å². The molecule has 0 spiro atoms. The first-order chi connectivity index (χ1) is 9.38. The van der Waals surface area contributed by atoms with Crippen LogP contribution in [-0.4, -0.2) is 17.1 Å². The first-order valence-electron chi connectivity index (χ1n) is 5.87. The standard InChI is InChI=1S/C15H12N2O2/c1-18-15-13(6-3-7-17-15)11-4-2-5-12(8-11)14-9-16-10-19-14/h2-10H,1H3. The molecule has 0 aliphatic rings. The van der Waals surface area contributed by atoms with Crippen molar-refractivity contribution < 1.29 is 9.15 Å². The summed E-state index contributed by atoms with van der Waals surface area (Å²) in [6, 6.07) is 11.9. The molecule has 0 atom stereocenters. The van der Waals surface area contributed by atoms with Crippen LogP contribution in [0.25, 0.3) is 22.5 Å². The topological polar surface area (TPSA) is 48.2 Å². The lowest BCUT2D eigenvalue weighted by Crippen LogP contribution is -1.90. The second-order valence-electron chi connectivity index (χ2n) is 4.01. The van der Waals surface area contributed by atoms with Gasteiger partial charge in [0.15, 0.2) is 12.2 Å². The zero-order valence-electron chi connectivity index (χ0n) is 10.4. The van der Waals surface area contributed by atoms with Gasteiger partial charge in [-0.05, 0) is 23.8 Å². The number of rotatable bonds is 3. The Labute approximate surface area is 110 Å². The van der Waals surface area contributed by atoms with Gasteiger partial charge >= 0.3 is 0 Å². The maximum absolute atomic E-state index is 5.31. The average molecular weight is 252 g/mol. The summed E-state index contributed by atoms with van der Waals surface area (Å²) < 4.78 is 10.6. The molecule has 0 amide bonds. The summed E-state index contributed by atoms with van der Waals surface area (Å²) in [6.07, 6.45) is 4.83. The average Bonchev–Trinajstić information content (AvgIpc) is 3.01. The van der Waals surface area contributed by atoms with Crippen molar-refractivity contribution in [3.05, 3.63) is 55.2 Å². The Balaban J connectivity index is 2.09. The smallest absolute Gasteiger partial charge is 0.221 e. The molecule has 19 heavy (non-hydrogen) atoms. The van der Waals surface area contributed by atoms with E-state index in [4.69, 9.17) is 9.15 Å². The summed E-state index contributed by atoms with van der Waals surface area (Å²) in [5.41, 5.74) is 2.95. The van der Waals surface area contributed by atoms with Gasteiger partial charge in [0.05, 0.1) is 13.3 Å². The summed E-state index contributed by atoms with van der Waals surface area (Å²) in [5, 5.41) is 0. The highest BCUT2D eigenvalue weighted by molar-refractivity contribution is 5.73. The van der Waals surface area contributed by atoms with Crippen molar-refractivity contribution in [1.82, 2.24) is 9.97 Å². The number of benzene rings is 1. The molecule has 3 aromatic rings. The molecule has 3 rings (SSSR count). The minimum Gasteiger partial charge on any atom is -0.481 e. The maximum Gasteiger partial charge on any atom is 0.221 e. The van der Waals surface area contributed by atoms with Crippen molar-refractivity contribution in [3.8, 4) is 28.3 Å². The van der Waals surface area contributed by atoms with Crippen molar-refractivity contribution in [2.45, 2.75) is 0 Å². The molecular weight excluding hydrogens is 240 g/mol. The van der Waals surface area contributed by atoms with E-state index >= 15 is 0 Å². The summed E-state index contributed by atoms with van der Waals surface area (Å²) in [4.78, 5) is 8.14. The summed E-state index contributed by atoms with van der Waals surface area (Å²) in [7, 11) is 1.62. The van der Waals surface area contributed by atoms with E-state index in [1.165, 1.54) is 6.39 Å². The monoisotopic (exact) mass is 252 g/mol. The van der Waals surface area contributed by atoms with Gasteiger partial charge in [0.1, 0.15) is 0 Å². The molecule has 0 aliphatic heterocycles. The first-order valence-corrected chi connectivity index (χ1v) is 5.87. The molecule has 4 heteroatoms. The summed E-state index contributed by atoms with van der Waals surface area (Å²) in [6.45, 7) is 0. The summed E-state index contributed by atoms with van der Waals surface area (Å²) >= 11 is 0. The Morgan fingerprint density at radius 1 is 1.11 bits per heavy atom. The lowest BCUT2D eigenvalue weighted by molar-refractivity contribution is 0.399. The molecule has 4 nitrogen and oxygen atoms in total. The number of pyridine rings is 1. The molecule has 0 N–H and O–H groups in total. The van der Waals surface area contributed by atoms with Crippen LogP contribution in [0.4, 0.5) is 0 Å². The van der Waals surface area contributed by atoms with Gasteiger partial charge in [0, 0.05) is 17.3 Å². The number of methoxy groups -OCH3 is 1. The highest BCUT2D eigenvalue weighted by Crippen LogP contribution is 2.30. The SMILES string of the molecule is COc1ncccc1-c1cccc(-c2cnco2)c1. The van der Waals surface area contributed by atoms with Gasteiger partial charge in [0.25, 0.3) is 0 Å². The van der Waals surface area contributed by atoms with Crippen molar-refractivity contribution in [3.63, 3.8) is 0 Å². The predicted molar refractivity (Wildman–Crippen MR) is 71.7 cm³/mol. The lowest BCUT2D eigenvalue weighted by atomic mass is 10.0. The van der Waals surface area contributed by atoms with Gasteiger partial charge < -0.3 is 9.15 Å². The van der Waals surface area contributed by atoms with Crippen molar-refractivity contribution >= 4 is 0 Å². The number of nitrogens with zero attached hydrogens (tertiary/aromatic N) is 2. The van der Waals surface area contributed by atoms with E-state index in [1.54, 1.807) is 19.5 Å². The number of ether oxygens (including phenoxy) is 1. The number of hydrogen-bond acceptors (Lipinski definition) is 4. The maximum atomic E-state index is 5.31. The van der Waals surface area contributed by atoms with Crippen LogP contribution in [0.15, 0.2) is 59.6 Å². The predicted octanol–water partition coefficient (Wildman–Crippen LogP) is 3.41. The van der Waals surface area contributed by atoms with Gasteiger partial charge in [-0.25, -0.2) is 9.97 Å². The molecule has 0 saturated carbocycles. The third-order valence-electron chi connectivity index (χ3n) is 2.85. The molecule has 0 radical (unpaired) electrons. The zero-order chi connectivity index (χ0) is 13.1. The molecule has 0 bridgehead atoms. The van der Waals surface area contributed by atoms with Crippen molar-refractivity contribution in [2.75, 3.05) is 7.11 Å². The molecule has 2 aromatic heterocycles. The van der Waals surface area contributed by atoms with Gasteiger partial charge in [-0.3, -0.25) is 0 Å². The highest BCUT2D eigenvalue weighted by atomic mass is 16.5. The Morgan fingerprint density at radius 2 is 2.00 bits per heavy atom. The number of aromatic nitrogens is 2. The molecule has 0 aliphatic carbocycles. The van der Waals surface area contributed by atoms with E-state index in [-0.39, 0.29) is 0 Å². The van der Waals surface area contributed by atoms with Crippen LogP contribution >= 0.6 is 0 Å². The molecule has 0 fully saturated rings. The highest BCUT2D eigenvalue weighted by Gasteiger charge is 2.08. The van der Waals surface area contributed by atoms with Gasteiger partial charge in [-0.2, -0.15) is 0 Å². The minimum atomic E-state index is 0.609. The Bertz CT molecular complexity index is 678. The van der Waals surface area contributed by atoms with Gasteiger partial charge in [-0.15, -0.1) is 0 Å². The van der Waals surface area contributed by atoms with Crippen LogP contribution in [0.3, 0.4) is 0 Å². The third kappa shape index (κ3) is 2.20. The van der Waals surface area contributed by atoms with Crippen LogP contribution in [0, 0.1) is 0 Å². The van der Waals surface area contributed by atoms with Gasteiger partial charge in [0.2, 0.25) is 5.88 Å². The minimum absolute atomic E-state index is 0.609. The van der Waals surface area contributed by atoms with Crippen molar-refractivity contribution in [1.29, 1.82) is 0 Å². The number of oxazole rings is 1. The molecule has 2 heterocycles. The summed E-state index contributed by atoms with van der Waals surface area (Å²) in [5.74, 6) is 1.35. The van der Waals surface area contributed by atoms with E-state index in [9.17, 15) is 0 Å². The Kier molecular flexibility index (Phi) is 2.98. The van der Waals surface area contributed by atoms with Gasteiger partial charge in [-0.1, -0.05) is 18.2 Å².